The van der Waals surface area contributed by atoms with Crippen LogP contribution in [0.1, 0.15) is 134 Å². The van der Waals surface area contributed by atoms with Crippen LogP contribution in [0.25, 0.3) is 0 Å². The first-order valence-corrected chi connectivity index (χ1v) is 27.0. The lowest BCUT2D eigenvalue weighted by molar-refractivity contribution is -0.132. The second-order valence-electron chi connectivity index (χ2n) is 20.4. The first-order chi connectivity index (χ1) is 32.7. The third-order valence-corrected chi connectivity index (χ3v) is 15.2. The summed E-state index contributed by atoms with van der Waals surface area (Å²) in [4.78, 5) is 31.7. The van der Waals surface area contributed by atoms with Crippen molar-refractivity contribution in [2.75, 3.05) is 82.0 Å². The van der Waals surface area contributed by atoms with Gasteiger partial charge in [0.25, 0.3) is 0 Å². The molecule has 0 aliphatic heterocycles. The summed E-state index contributed by atoms with van der Waals surface area (Å²) < 4.78 is 0. The molecule has 0 saturated heterocycles. The summed E-state index contributed by atoms with van der Waals surface area (Å²) in [6, 6.07) is 14.7. The Bertz CT molecular complexity index is 2080. The Morgan fingerprint density at radius 1 is 0.926 bits per heavy atom. The summed E-state index contributed by atoms with van der Waals surface area (Å²) in [6.45, 7) is 18.9. The summed E-state index contributed by atoms with van der Waals surface area (Å²) in [5.74, 6) is 3.31. The Kier molecular flexibility index (Phi) is 22.7. The molecule has 8 N–H and O–H groups in total. The van der Waals surface area contributed by atoms with E-state index in [1.165, 1.54) is 43.0 Å². The van der Waals surface area contributed by atoms with Crippen molar-refractivity contribution in [2.45, 2.75) is 136 Å². The SMILES string of the molecule is CCCSc1nc(NCCNCCCCN(C)CCN(C)CCC(C)(CCC)Cc2cc(N=C(C(=CN)C(=O)O)C3CC3)cc(C3CCCC(C(C)C)C3)c2)c(N)c(NCc2ccc(Cl)cc2)n1. The smallest absolute Gasteiger partial charge is 0.339 e. The summed E-state index contributed by atoms with van der Waals surface area (Å²) in [7, 11) is 4.51. The number of benzene rings is 2. The highest BCUT2D eigenvalue weighted by molar-refractivity contribution is 7.99. The van der Waals surface area contributed by atoms with Gasteiger partial charge in [0.1, 0.15) is 5.69 Å². The molecule has 0 spiro atoms. The van der Waals surface area contributed by atoms with Crippen LogP contribution in [0.15, 0.2) is 64.4 Å². The van der Waals surface area contributed by atoms with Gasteiger partial charge in [0.05, 0.1) is 17.0 Å². The minimum atomic E-state index is -1.00. The van der Waals surface area contributed by atoms with E-state index in [-0.39, 0.29) is 16.9 Å². The van der Waals surface area contributed by atoms with Gasteiger partial charge in [0.15, 0.2) is 16.8 Å². The highest BCUT2D eigenvalue weighted by Crippen LogP contribution is 2.43. The average molecular weight is 974 g/mol. The quantitative estimate of drug-likeness (QED) is 0.0119. The maximum absolute atomic E-state index is 12.2. The minimum Gasteiger partial charge on any atom is -0.478 e. The molecule has 5 rings (SSSR count). The number of carboxylic acids is 1. The van der Waals surface area contributed by atoms with E-state index in [1.807, 2.05) is 24.3 Å². The molecule has 376 valence electrons. The molecule has 14 heteroatoms. The molecular weight excluding hydrogens is 888 g/mol. The summed E-state index contributed by atoms with van der Waals surface area (Å²) in [6.07, 6.45) is 15.8. The molecule has 3 aromatic rings. The predicted molar refractivity (Wildman–Crippen MR) is 289 cm³/mol. The molecule has 1 heterocycles. The fourth-order valence-electron chi connectivity index (χ4n) is 9.59. The molecule has 0 amide bonds. The average Bonchev–Trinajstić information content (AvgIpc) is 4.17. The van der Waals surface area contributed by atoms with Crippen LogP contribution in [0.3, 0.4) is 0 Å². The van der Waals surface area contributed by atoms with Crippen LogP contribution < -0.4 is 27.4 Å². The van der Waals surface area contributed by atoms with Gasteiger partial charge in [-0.1, -0.05) is 95.4 Å². The van der Waals surface area contributed by atoms with Crippen molar-refractivity contribution in [3.8, 4) is 0 Å². The number of thioether (sulfide) groups is 1. The standard InChI is InChI=1S/C54H85ClN10O2S/c1-8-21-54(5,35-40-31-44(43-14-12-13-42(33-43)38(3)4)34-46(32-40)61-49(41-17-18-41)47(36-56)52(66)67)22-27-65(7)29-28-64(6)26-11-10-23-58-24-25-59-50-48(57)51(63-53(62-50)68-30-9-2)60-37-39-15-19-45(55)20-16-39/h15-16,19-20,31-32,34,36,38,41-43,58H,8-14,17-18,21-30,33,35,37,56-57H2,1-7H3,(H,66,67)(H2,59,60,62,63). The van der Waals surface area contributed by atoms with E-state index < -0.39 is 5.97 Å². The van der Waals surface area contributed by atoms with Gasteiger partial charge in [-0.2, -0.15) is 0 Å². The van der Waals surface area contributed by atoms with E-state index in [2.05, 4.69) is 92.7 Å². The summed E-state index contributed by atoms with van der Waals surface area (Å²) >= 11 is 7.71. The van der Waals surface area contributed by atoms with Gasteiger partial charge in [0.2, 0.25) is 0 Å². The molecule has 3 atom stereocenters. The molecule has 1 aromatic heterocycles. The van der Waals surface area contributed by atoms with Crippen molar-refractivity contribution < 1.29 is 9.90 Å². The zero-order valence-corrected chi connectivity index (χ0v) is 44.1. The van der Waals surface area contributed by atoms with Crippen molar-refractivity contribution in [3.05, 3.63) is 76.0 Å². The molecule has 2 aromatic carbocycles. The third kappa shape index (κ3) is 18.1. The van der Waals surface area contributed by atoms with E-state index in [1.54, 1.807) is 11.8 Å². The number of nitrogens with zero attached hydrogens (tertiary/aromatic N) is 5. The van der Waals surface area contributed by atoms with Gasteiger partial charge in [0, 0.05) is 55.6 Å². The molecule has 0 bridgehead atoms. The lowest BCUT2D eigenvalue weighted by Crippen LogP contribution is -2.34. The number of hydrogen-bond donors (Lipinski definition) is 6. The highest BCUT2D eigenvalue weighted by atomic mass is 35.5. The van der Waals surface area contributed by atoms with Crippen molar-refractivity contribution in [1.29, 1.82) is 0 Å². The summed E-state index contributed by atoms with van der Waals surface area (Å²) in [5.41, 5.74) is 18.5. The normalized spacial score (nSPS) is 17.8. The maximum Gasteiger partial charge on any atom is 0.339 e. The van der Waals surface area contributed by atoms with Crippen molar-refractivity contribution in [1.82, 2.24) is 25.1 Å². The van der Waals surface area contributed by atoms with Gasteiger partial charge >= 0.3 is 5.97 Å². The molecule has 12 nitrogen and oxygen atoms in total. The topological polar surface area (TPSA) is 170 Å². The molecule has 2 fully saturated rings. The zero-order chi connectivity index (χ0) is 49.1. The second kappa shape index (κ2) is 28.1. The fraction of sp³-hybridized carbons (Fsp3) is 0.630. The Labute approximate surface area is 418 Å². The van der Waals surface area contributed by atoms with Crippen LogP contribution >= 0.6 is 23.4 Å². The number of aromatic nitrogens is 2. The number of aliphatic imine (C=N–C) groups is 1. The van der Waals surface area contributed by atoms with E-state index >= 15 is 0 Å². The van der Waals surface area contributed by atoms with E-state index in [0.29, 0.717) is 58.1 Å². The number of halogens is 1. The number of carboxylic acid groups (broad SMARTS) is 1. The number of nitrogen functional groups attached to an aromatic ring is 1. The maximum atomic E-state index is 12.2. The molecule has 2 saturated carbocycles. The Balaban J connectivity index is 1.07. The molecule has 2 aliphatic rings. The number of unbranched alkanes of at least 4 members (excludes halogenated alkanes) is 1. The van der Waals surface area contributed by atoms with Crippen LogP contribution in [0.4, 0.5) is 23.0 Å². The van der Waals surface area contributed by atoms with Crippen LogP contribution in [0, 0.1) is 23.2 Å². The minimum absolute atomic E-state index is 0.128. The first-order valence-electron chi connectivity index (χ1n) is 25.7. The van der Waals surface area contributed by atoms with Gasteiger partial charge < -0.3 is 42.3 Å². The van der Waals surface area contributed by atoms with Crippen molar-refractivity contribution in [2.24, 2.45) is 33.9 Å². The fourth-order valence-corrected chi connectivity index (χ4v) is 10.4. The molecule has 3 unspecified atom stereocenters. The van der Waals surface area contributed by atoms with E-state index in [4.69, 9.17) is 38.0 Å². The van der Waals surface area contributed by atoms with Crippen LogP contribution in [-0.4, -0.2) is 102 Å². The summed E-state index contributed by atoms with van der Waals surface area (Å²) in [5, 5.41) is 21.9. The van der Waals surface area contributed by atoms with Crippen LogP contribution in [-0.2, 0) is 17.8 Å². The molecule has 0 radical (unpaired) electrons. The van der Waals surface area contributed by atoms with Gasteiger partial charge in [-0.15, -0.1) is 0 Å². The van der Waals surface area contributed by atoms with Crippen LogP contribution in [0.5, 0.6) is 0 Å². The zero-order valence-electron chi connectivity index (χ0n) is 42.5. The highest BCUT2D eigenvalue weighted by Gasteiger charge is 2.33. The van der Waals surface area contributed by atoms with Gasteiger partial charge in [-0.3, -0.25) is 4.99 Å². The Morgan fingerprint density at radius 2 is 1.65 bits per heavy atom. The lowest BCUT2D eigenvalue weighted by atomic mass is 9.72. The second-order valence-corrected chi connectivity index (χ2v) is 21.9. The van der Waals surface area contributed by atoms with Gasteiger partial charge in [-0.25, -0.2) is 14.8 Å². The lowest BCUT2D eigenvalue weighted by Gasteiger charge is -2.34. The number of anilines is 3. The number of carbonyl (C=O) groups is 1. The van der Waals surface area contributed by atoms with Gasteiger partial charge in [-0.05, 0) is 162 Å². The van der Waals surface area contributed by atoms with Crippen LogP contribution in [0.2, 0.25) is 5.02 Å². The Hall–Kier alpha value is -3.88. The van der Waals surface area contributed by atoms with Crippen molar-refractivity contribution >= 4 is 58.1 Å². The predicted octanol–water partition coefficient (Wildman–Crippen LogP) is 11.3. The molecule has 2 aliphatic carbocycles. The van der Waals surface area contributed by atoms with Crippen molar-refractivity contribution in [3.63, 3.8) is 0 Å². The number of hydrogen-bond acceptors (Lipinski definition) is 12. The Morgan fingerprint density at radius 3 is 2.31 bits per heavy atom. The number of aliphatic carboxylic acids is 1. The third-order valence-electron chi connectivity index (χ3n) is 13.9. The molecular formula is C54H85ClN10O2S. The first kappa shape index (κ1) is 55.1. The monoisotopic (exact) mass is 973 g/mol. The number of nitrogens with two attached hydrogens (primary N) is 2. The van der Waals surface area contributed by atoms with E-state index in [0.717, 1.165) is 120 Å². The largest absolute Gasteiger partial charge is 0.478 e. The van der Waals surface area contributed by atoms with E-state index in [9.17, 15) is 9.90 Å². The number of nitrogens with one attached hydrogen (secondary N) is 3. The number of likely N-dealkylation sites (N-methyl/N-ethyl adjacent to an activating group) is 2. The molecule has 68 heavy (non-hydrogen) atoms. The number of rotatable bonds is 31.